The quantitative estimate of drug-likeness (QED) is 0.890. The van der Waals surface area contributed by atoms with Gasteiger partial charge in [-0.3, -0.25) is 5.32 Å². The molecule has 2 aromatic carbocycles. The second-order valence-corrected chi connectivity index (χ2v) is 7.43. The summed E-state index contributed by atoms with van der Waals surface area (Å²) in [6, 6.07) is 14.9. The fourth-order valence-electron chi connectivity index (χ4n) is 4.33. The molecule has 2 heterocycles. The van der Waals surface area contributed by atoms with E-state index in [9.17, 15) is 4.39 Å². The molecule has 0 amide bonds. The minimum Gasteiger partial charge on any atom is -0.374 e. The molecule has 4 rings (SSSR count). The second-order valence-electron chi connectivity index (χ2n) is 7.43. The van der Waals surface area contributed by atoms with Crippen molar-refractivity contribution >= 4 is 0 Å². The van der Waals surface area contributed by atoms with E-state index < -0.39 is 11.3 Å². The fraction of sp³-hybridized carbons (Fsp3) is 0.455. The SMILES string of the molecule is CCc1ccccc1[C@@]1(OC)COCC2(C1)N[C@@H](c1ccc(F)cc1)CO2. The van der Waals surface area contributed by atoms with Crippen LogP contribution in [0.3, 0.4) is 0 Å². The predicted octanol–water partition coefficient (Wildman–Crippen LogP) is 3.71. The van der Waals surface area contributed by atoms with Crippen molar-refractivity contribution in [2.75, 3.05) is 26.9 Å². The van der Waals surface area contributed by atoms with Gasteiger partial charge in [0.25, 0.3) is 0 Å². The van der Waals surface area contributed by atoms with Crippen LogP contribution in [-0.4, -0.2) is 32.7 Å². The molecule has 27 heavy (non-hydrogen) atoms. The van der Waals surface area contributed by atoms with Crippen molar-refractivity contribution in [3.63, 3.8) is 0 Å². The molecule has 0 aromatic heterocycles. The first-order valence-electron chi connectivity index (χ1n) is 9.48. The first kappa shape index (κ1) is 18.6. The third kappa shape index (κ3) is 3.41. The van der Waals surface area contributed by atoms with Gasteiger partial charge in [0.05, 0.1) is 25.9 Å². The zero-order valence-electron chi connectivity index (χ0n) is 15.8. The van der Waals surface area contributed by atoms with Crippen LogP contribution >= 0.6 is 0 Å². The van der Waals surface area contributed by atoms with Crippen LogP contribution in [0.5, 0.6) is 0 Å². The summed E-state index contributed by atoms with van der Waals surface area (Å²) in [7, 11) is 1.74. The number of rotatable bonds is 4. The smallest absolute Gasteiger partial charge is 0.146 e. The number of ether oxygens (including phenoxy) is 3. The van der Waals surface area contributed by atoms with E-state index in [4.69, 9.17) is 14.2 Å². The van der Waals surface area contributed by atoms with Gasteiger partial charge in [-0.05, 0) is 35.2 Å². The predicted molar refractivity (Wildman–Crippen MR) is 101 cm³/mol. The molecule has 2 fully saturated rings. The molecule has 0 saturated carbocycles. The molecule has 2 aliphatic heterocycles. The summed E-state index contributed by atoms with van der Waals surface area (Å²) in [5.41, 5.74) is 2.25. The Hall–Kier alpha value is -1.79. The zero-order valence-corrected chi connectivity index (χ0v) is 15.8. The molecule has 2 aliphatic rings. The maximum absolute atomic E-state index is 13.2. The first-order chi connectivity index (χ1) is 13.1. The topological polar surface area (TPSA) is 39.7 Å². The second kappa shape index (κ2) is 7.32. The molecular formula is C22H26FNO3. The van der Waals surface area contributed by atoms with Crippen molar-refractivity contribution < 1.29 is 18.6 Å². The molecule has 2 saturated heterocycles. The molecule has 1 N–H and O–H groups in total. The van der Waals surface area contributed by atoms with Gasteiger partial charge in [-0.15, -0.1) is 0 Å². The lowest BCUT2D eigenvalue weighted by molar-refractivity contribution is -0.205. The van der Waals surface area contributed by atoms with E-state index in [2.05, 4.69) is 30.4 Å². The number of aryl methyl sites for hydroxylation is 1. The molecule has 4 nitrogen and oxygen atoms in total. The Bertz CT molecular complexity index is 796. The average molecular weight is 371 g/mol. The summed E-state index contributed by atoms with van der Waals surface area (Å²) in [4.78, 5) is 0. The molecule has 144 valence electrons. The summed E-state index contributed by atoms with van der Waals surface area (Å²) in [6.07, 6.45) is 1.59. The molecular weight excluding hydrogens is 345 g/mol. The number of halogens is 1. The highest BCUT2D eigenvalue weighted by atomic mass is 19.1. The summed E-state index contributed by atoms with van der Waals surface area (Å²) in [5.74, 6) is -0.233. The van der Waals surface area contributed by atoms with Crippen LogP contribution in [0.2, 0.25) is 0 Å². The maximum Gasteiger partial charge on any atom is 0.146 e. The largest absolute Gasteiger partial charge is 0.374 e. The Labute approximate surface area is 159 Å². The molecule has 2 aromatic rings. The number of hydrogen-bond acceptors (Lipinski definition) is 4. The number of hydrogen-bond donors (Lipinski definition) is 1. The van der Waals surface area contributed by atoms with Gasteiger partial charge in [0.1, 0.15) is 17.1 Å². The van der Waals surface area contributed by atoms with Crippen LogP contribution in [0, 0.1) is 5.82 Å². The lowest BCUT2D eigenvalue weighted by Crippen LogP contribution is -2.57. The number of methoxy groups -OCH3 is 1. The van der Waals surface area contributed by atoms with Crippen LogP contribution in [0.15, 0.2) is 48.5 Å². The zero-order chi connectivity index (χ0) is 18.9. The van der Waals surface area contributed by atoms with E-state index in [0.717, 1.165) is 17.5 Å². The van der Waals surface area contributed by atoms with Crippen LogP contribution in [0.1, 0.15) is 36.1 Å². The van der Waals surface area contributed by atoms with E-state index >= 15 is 0 Å². The third-order valence-corrected chi connectivity index (χ3v) is 5.76. The Balaban J connectivity index is 1.61. The lowest BCUT2D eigenvalue weighted by Gasteiger charge is -2.45. The van der Waals surface area contributed by atoms with Crippen molar-refractivity contribution in [3.05, 3.63) is 71.0 Å². The van der Waals surface area contributed by atoms with Gasteiger partial charge >= 0.3 is 0 Å². The molecule has 1 unspecified atom stereocenters. The fourth-order valence-corrected chi connectivity index (χ4v) is 4.33. The normalized spacial score (nSPS) is 30.7. The average Bonchev–Trinajstić information content (AvgIpc) is 3.11. The monoisotopic (exact) mass is 371 g/mol. The highest BCUT2D eigenvalue weighted by molar-refractivity contribution is 5.34. The van der Waals surface area contributed by atoms with Crippen molar-refractivity contribution in [2.24, 2.45) is 0 Å². The molecule has 1 spiro atoms. The molecule has 3 atom stereocenters. The Kier molecular flexibility index (Phi) is 5.03. The van der Waals surface area contributed by atoms with Gasteiger partial charge < -0.3 is 14.2 Å². The lowest BCUT2D eigenvalue weighted by atomic mass is 9.81. The van der Waals surface area contributed by atoms with E-state index in [1.54, 1.807) is 19.2 Å². The van der Waals surface area contributed by atoms with Crippen LogP contribution in [-0.2, 0) is 26.2 Å². The summed E-state index contributed by atoms with van der Waals surface area (Å²) < 4.78 is 31.5. The van der Waals surface area contributed by atoms with E-state index in [0.29, 0.717) is 26.2 Å². The van der Waals surface area contributed by atoms with Crippen LogP contribution in [0.25, 0.3) is 0 Å². The molecule has 0 aliphatic carbocycles. The third-order valence-electron chi connectivity index (χ3n) is 5.76. The summed E-state index contributed by atoms with van der Waals surface area (Å²) >= 11 is 0. The van der Waals surface area contributed by atoms with Crippen LogP contribution in [0.4, 0.5) is 4.39 Å². The van der Waals surface area contributed by atoms with Crippen LogP contribution < -0.4 is 5.32 Å². The van der Waals surface area contributed by atoms with Crippen molar-refractivity contribution in [1.29, 1.82) is 0 Å². The number of benzene rings is 2. The van der Waals surface area contributed by atoms with Gasteiger partial charge in [0, 0.05) is 13.5 Å². The van der Waals surface area contributed by atoms with Gasteiger partial charge in [0.15, 0.2) is 0 Å². The highest BCUT2D eigenvalue weighted by Crippen LogP contribution is 2.43. The molecule has 0 bridgehead atoms. The summed E-state index contributed by atoms with van der Waals surface area (Å²) in [5, 5.41) is 3.59. The Morgan fingerprint density at radius 3 is 2.67 bits per heavy atom. The van der Waals surface area contributed by atoms with E-state index in [-0.39, 0.29) is 11.9 Å². The number of nitrogens with one attached hydrogen (secondary N) is 1. The van der Waals surface area contributed by atoms with E-state index in [1.165, 1.54) is 17.7 Å². The summed E-state index contributed by atoms with van der Waals surface area (Å²) in [6.45, 7) is 3.62. The van der Waals surface area contributed by atoms with E-state index in [1.807, 2.05) is 6.07 Å². The van der Waals surface area contributed by atoms with Crippen molar-refractivity contribution in [1.82, 2.24) is 5.32 Å². The van der Waals surface area contributed by atoms with Gasteiger partial charge in [-0.25, -0.2) is 4.39 Å². The van der Waals surface area contributed by atoms with Gasteiger partial charge in [0.2, 0.25) is 0 Å². The Morgan fingerprint density at radius 1 is 1.15 bits per heavy atom. The first-order valence-corrected chi connectivity index (χ1v) is 9.48. The minimum absolute atomic E-state index is 0.00303. The minimum atomic E-state index is -0.617. The molecule has 0 radical (unpaired) electrons. The van der Waals surface area contributed by atoms with Crippen molar-refractivity contribution in [2.45, 2.75) is 37.1 Å². The van der Waals surface area contributed by atoms with Gasteiger partial charge in [-0.1, -0.05) is 43.3 Å². The molecule has 5 heteroatoms. The standard InChI is InChI=1S/C22H26FNO3/c1-3-16-6-4-5-7-19(16)21(25-2)13-22(15-26-14-21)24-20(12-27-22)17-8-10-18(23)11-9-17/h4-11,20,24H,3,12-15H2,1-2H3/t20-,21+,22?/m1/s1. The maximum atomic E-state index is 13.2. The Morgan fingerprint density at radius 2 is 1.93 bits per heavy atom. The van der Waals surface area contributed by atoms with Gasteiger partial charge in [-0.2, -0.15) is 0 Å². The van der Waals surface area contributed by atoms with Crippen molar-refractivity contribution in [3.8, 4) is 0 Å². The highest BCUT2D eigenvalue weighted by Gasteiger charge is 2.52.